The summed E-state index contributed by atoms with van der Waals surface area (Å²) >= 11 is 7.99. The quantitative estimate of drug-likeness (QED) is 0.509. The Kier molecular flexibility index (Phi) is 4.61. The van der Waals surface area contributed by atoms with E-state index < -0.39 is 17.2 Å². The molecule has 1 rings (SSSR count). The maximum absolute atomic E-state index is 12.9. The first-order valence-corrected chi connectivity index (χ1v) is 5.48. The fraction of sp³-hybridized carbons (Fsp3) is 0.333. The van der Waals surface area contributed by atoms with Crippen molar-refractivity contribution in [1.82, 2.24) is 5.43 Å². The maximum Gasteiger partial charge on any atom is 0.338 e. The Bertz CT molecular complexity index is 370. The van der Waals surface area contributed by atoms with Crippen molar-refractivity contribution in [2.75, 3.05) is 0 Å². The number of halogens is 5. The molecule has 0 heterocycles. The predicted octanol–water partition coefficient (Wildman–Crippen LogP) is 2.79. The first-order valence-electron chi connectivity index (χ1n) is 4.31. The average Bonchev–Trinajstić information content (AvgIpc) is 2.17. The third kappa shape index (κ3) is 3.62. The highest BCUT2D eigenvalue weighted by atomic mass is 79.9. The Morgan fingerprint density at radius 3 is 2.62 bits per heavy atom. The highest BCUT2D eigenvalue weighted by Crippen LogP contribution is 2.28. The van der Waals surface area contributed by atoms with E-state index >= 15 is 0 Å². The number of rotatable bonds is 4. The number of hydrazine groups is 1. The number of nitrogens with one attached hydrogen (secondary N) is 1. The van der Waals surface area contributed by atoms with Gasteiger partial charge in [0.15, 0.2) is 0 Å². The molecule has 1 atom stereocenters. The van der Waals surface area contributed by atoms with Gasteiger partial charge in [-0.1, -0.05) is 15.9 Å². The topological polar surface area (TPSA) is 38.0 Å². The van der Waals surface area contributed by atoms with Crippen LogP contribution < -0.4 is 11.3 Å². The smallest absolute Gasteiger partial charge is 0.271 e. The summed E-state index contributed by atoms with van der Waals surface area (Å²) in [7, 11) is 0. The zero-order chi connectivity index (χ0) is 12.3. The van der Waals surface area contributed by atoms with Crippen LogP contribution in [0.1, 0.15) is 5.56 Å². The molecule has 0 aromatic heterocycles. The molecular weight excluding hydrogens is 308 g/mol. The fourth-order valence-corrected chi connectivity index (χ4v) is 1.74. The van der Waals surface area contributed by atoms with Crippen LogP contribution in [0.5, 0.6) is 0 Å². The summed E-state index contributed by atoms with van der Waals surface area (Å²) in [5.41, 5.74) is 2.28. The SMILES string of the molecule is NNC(Cc1cc(F)ccc1Br)C(F)(F)Cl. The second-order valence-electron chi connectivity index (χ2n) is 3.20. The molecule has 0 aliphatic rings. The summed E-state index contributed by atoms with van der Waals surface area (Å²) in [4.78, 5) is 0. The molecule has 0 bridgehead atoms. The van der Waals surface area contributed by atoms with E-state index in [1.165, 1.54) is 12.1 Å². The van der Waals surface area contributed by atoms with Gasteiger partial charge in [-0.2, -0.15) is 8.78 Å². The molecule has 1 aromatic carbocycles. The zero-order valence-electron chi connectivity index (χ0n) is 7.98. The van der Waals surface area contributed by atoms with Gasteiger partial charge in [-0.15, -0.1) is 0 Å². The number of alkyl halides is 3. The van der Waals surface area contributed by atoms with Crippen molar-refractivity contribution in [3.63, 3.8) is 0 Å². The first kappa shape index (κ1) is 13.8. The summed E-state index contributed by atoms with van der Waals surface area (Å²) in [5, 5.41) is -3.50. The van der Waals surface area contributed by atoms with Gasteiger partial charge in [0, 0.05) is 4.47 Å². The van der Waals surface area contributed by atoms with Crippen molar-refractivity contribution in [2.45, 2.75) is 17.8 Å². The second-order valence-corrected chi connectivity index (χ2v) is 4.56. The lowest BCUT2D eigenvalue weighted by Crippen LogP contribution is -2.47. The minimum absolute atomic E-state index is 0.189. The average molecular weight is 318 g/mol. The molecule has 7 heteroatoms. The minimum atomic E-state index is -3.50. The fourth-order valence-electron chi connectivity index (χ4n) is 1.19. The monoisotopic (exact) mass is 316 g/mol. The number of nitrogens with two attached hydrogens (primary N) is 1. The Morgan fingerprint density at radius 2 is 2.12 bits per heavy atom. The first-order chi connectivity index (χ1) is 7.34. The van der Waals surface area contributed by atoms with Crippen LogP contribution in [-0.2, 0) is 6.42 Å². The Hall–Kier alpha value is -0.300. The molecule has 2 nitrogen and oxygen atoms in total. The van der Waals surface area contributed by atoms with E-state index in [2.05, 4.69) is 15.9 Å². The summed E-state index contributed by atoms with van der Waals surface area (Å²) in [5.74, 6) is 4.46. The molecule has 1 unspecified atom stereocenters. The van der Waals surface area contributed by atoms with Crippen LogP contribution >= 0.6 is 27.5 Å². The lowest BCUT2D eigenvalue weighted by Gasteiger charge is -2.21. The van der Waals surface area contributed by atoms with Crippen LogP contribution in [0, 0.1) is 5.82 Å². The number of benzene rings is 1. The van der Waals surface area contributed by atoms with E-state index in [9.17, 15) is 13.2 Å². The van der Waals surface area contributed by atoms with Crippen LogP contribution in [0.4, 0.5) is 13.2 Å². The lowest BCUT2D eigenvalue weighted by atomic mass is 10.1. The van der Waals surface area contributed by atoms with Crippen LogP contribution in [0.3, 0.4) is 0 Å². The lowest BCUT2D eigenvalue weighted by molar-refractivity contribution is 0.0502. The molecule has 0 radical (unpaired) electrons. The highest BCUT2D eigenvalue weighted by molar-refractivity contribution is 9.10. The molecule has 0 amide bonds. The predicted molar refractivity (Wildman–Crippen MR) is 59.7 cm³/mol. The summed E-state index contributed by atoms with van der Waals surface area (Å²) in [6.45, 7) is 0. The molecule has 3 N–H and O–H groups in total. The van der Waals surface area contributed by atoms with Crippen LogP contribution in [-0.4, -0.2) is 11.4 Å². The van der Waals surface area contributed by atoms with E-state index in [1.54, 1.807) is 0 Å². The Morgan fingerprint density at radius 1 is 1.50 bits per heavy atom. The van der Waals surface area contributed by atoms with Crippen LogP contribution in [0.2, 0.25) is 0 Å². The van der Waals surface area contributed by atoms with E-state index in [4.69, 9.17) is 17.4 Å². The Balaban J connectivity index is 2.90. The van der Waals surface area contributed by atoms with Crippen molar-refractivity contribution in [1.29, 1.82) is 0 Å². The van der Waals surface area contributed by atoms with E-state index in [0.29, 0.717) is 10.0 Å². The number of hydrogen-bond donors (Lipinski definition) is 2. The third-order valence-corrected chi connectivity index (χ3v) is 3.07. The zero-order valence-corrected chi connectivity index (χ0v) is 10.3. The summed E-state index contributed by atoms with van der Waals surface area (Å²) in [6.07, 6.45) is -0.189. The molecule has 1 aromatic rings. The van der Waals surface area contributed by atoms with Gasteiger partial charge < -0.3 is 0 Å². The molecule has 90 valence electrons. The molecule has 0 aliphatic heterocycles. The third-order valence-electron chi connectivity index (χ3n) is 2.03. The van der Waals surface area contributed by atoms with Crippen molar-refractivity contribution < 1.29 is 13.2 Å². The van der Waals surface area contributed by atoms with Gasteiger partial charge in [0.1, 0.15) is 11.9 Å². The van der Waals surface area contributed by atoms with Crippen molar-refractivity contribution in [2.24, 2.45) is 5.84 Å². The second kappa shape index (κ2) is 5.35. The van der Waals surface area contributed by atoms with Gasteiger partial charge in [0.25, 0.3) is 0 Å². The molecule has 0 aliphatic carbocycles. The van der Waals surface area contributed by atoms with Gasteiger partial charge in [-0.25, -0.2) is 9.82 Å². The summed E-state index contributed by atoms with van der Waals surface area (Å²) in [6, 6.07) is 2.34. The van der Waals surface area contributed by atoms with Gasteiger partial charge >= 0.3 is 5.38 Å². The Labute approximate surface area is 104 Å². The van der Waals surface area contributed by atoms with E-state index in [0.717, 1.165) is 6.07 Å². The van der Waals surface area contributed by atoms with Crippen LogP contribution in [0.15, 0.2) is 22.7 Å². The summed E-state index contributed by atoms with van der Waals surface area (Å²) < 4.78 is 39.1. The maximum atomic E-state index is 12.9. The van der Waals surface area contributed by atoms with Gasteiger partial charge in [0.05, 0.1) is 0 Å². The van der Waals surface area contributed by atoms with Gasteiger partial charge in [0.2, 0.25) is 0 Å². The van der Waals surface area contributed by atoms with E-state index in [1.807, 2.05) is 5.43 Å². The standard InChI is InChI=1S/C9H9BrClF3N2/c10-7-2-1-6(12)3-5(7)4-8(16-15)9(11,13)14/h1-3,8,16H,4,15H2. The van der Waals surface area contributed by atoms with Crippen molar-refractivity contribution in [3.8, 4) is 0 Å². The molecule has 0 saturated heterocycles. The molecular formula is C9H9BrClF3N2. The van der Waals surface area contributed by atoms with Crippen LogP contribution in [0.25, 0.3) is 0 Å². The molecule has 0 fully saturated rings. The number of hydrogen-bond acceptors (Lipinski definition) is 2. The molecule has 0 spiro atoms. The van der Waals surface area contributed by atoms with E-state index in [-0.39, 0.29) is 6.42 Å². The van der Waals surface area contributed by atoms with Gasteiger partial charge in [-0.05, 0) is 41.8 Å². The van der Waals surface area contributed by atoms with Gasteiger partial charge in [-0.3, -0.25) is 5.84 Å². The highest BCUT2D eigenvalue weighted by Gasteiger charge is 2.36. The normalized spacial score (nSPS) is 13.9. The molecule has 0 saturated carbocycles. The molecule has 16 heavy (non-hydrogen) atoms. The minimum Gasteiger partial charge on any atom is -0.271 e. The largest absolute Gasteiger partial charge is 0.338 e. The van der Waals surface area contributed by atoms with Crippen molar-refractivity contribution in [3.05, 3.63) is 34.1 Å². The van der Waals surface area contributed by atoms with Crippen molar-refractivity contribution >= 4 is 27.5 Å².